The second-order valence-corrected chi connectivity index (χ2v) is 6.06. The quantitative estimate of drug-likeness (QED) is 0.834. The van der Waals surface area contributed by atoms with E-state index in [9.17, 15) is 9.18 Å². The maximum atomic E-state index is 13.0. The highest BCUT2D eigenvalue weighted by Crippen LogP contribution is 2.20. The average molecular weight is 344 g/mol. The van der Waals surface area contributed by atoms with E-state index in [0.29, 0.717) is 17.5 Å². The second kappa shape index (κ2) is 7.46. The van der Waals surface area contributed by atoms with Gasteiger partial charge in [0.05, 0.1) is 0 Å². The number of halogens is 1. The van der Waals surface area contributed by atoms with Gasteiger partial charge < -0.3 is 14.5 Å². The van der Waals surface area contributed by atoms with Gasteiger partial charge in [-0.1, -0.05) is 0 Å². The Morgan fingerprint density at radius 1 is 1.24 bits per heavy atom. The Balaban J connectivity index is 1.64. The number of rotatable bonds is 5. The van der Waals surface area contributed by atoms with Crippen LogP contribution in [-0.4, -0.2) is 42.6 Å². The number of hydrogen-bond donors (Lipinski definition) is 0. The minimum atomic E-state index is -0.341. The molecule has 1 aliphatic rings. The predicted octanol–water partition coefficient (Wildman–Crippen LogP) is 2.57. The summed E-state index contributed by atoms with van der Waals surface area (Å²) in [5.74, 6) is 0.444. The van der Waals surface area contributed by atoms with Crippen LogP contribution in [0.3, 0.4) is 0 Å². The Morgan fingerprint density at radius 2 is 1.92 bits per heavy atom. The highest BCUT2D eigenvalue weighted by Gasteiger charge is 2.17. The van der Waals surface area contributed by atoms with Crippen LogP contribution in [0.4, 0.5) is 16.0 Å². The Bertz CT molecular complexity index is 745. The van der Waals surface area contributed by atoms with Crippen molar-refractivity contribution in [2.45, 2.75) is 19.8 Å². The molecule has 3 rings (SSSR count). The van der Waals surface area contributed by atoms with Crippen LogP contribution in [0, 0.1) is 12.7 Å². The van der Waals surface area contributed by atoms with E-state index < -0.39 is 0 Å². The number of amides is 1. The molecule has 0 saturated carbocycles. The number of likely N-dealkylation sites (N-methyl/N-ethyl adjacent to an activating group) is 1. The molecule has 0 unspecified atom stereocenters. The van der Waals surface area contributed by atoms with Crippen LogP contribution in [-0.2, 0) is 4.79 Å². The number of aromatic nitrogens is 2. The molecule has 1 aromatic carbocycles. The summed E-state index contributed by atoms with van der Waals surface area (Å²) < 4.78 is 18.6. The summed E-state index contributed by atoms with van der Waals surface area (Å²) in [4.78, 5) is 24.7. The van der Waals surface area contributed by atoms with Gasteiger partial charge in [-0.15, -0.1) is 0 Å². The molecule has 1 fully saturated rings. The number of aryl methyl sites for hydroxylation is 1. The zero-order valence-corrected chi connectivity index (χ0v) is 14.4. The Hall–Kier alpha value is -2.70. The molecule has 1 aliphatic heterocycles. The van der Waals surface area contributed by atoms with Gasteiger partial charge in [0.1, 0.15) is 5.82 Å². The van der Waals surface area contributed by atoms with E-state index in [1.807, 2.05) is 6.92 Å². The number of nitrogens with zero attached hydrogens (tertiary/aromatic N) is 4. The molecule has 25 heavy (non-hydrogen) atoms. The molecular weight excluding hydrogens is 323 g/mol. The van der Waals surface area contributed by atoms with Gasteiger partial charge in [0.25, 0.3) is 5.91 Å². The Labute approximate surface area is 146 Å². The summed E-state index contributed by atoms with van der Waals surface area (Å²) in [7, 11) is 1.62. The molecule has 0 spiro atoms. The van der Waals surface area contributed by atoms with Gasteiger partial charge in [-0.25, -0.2) is 9.37 Å². The van der Waals surface area contributed by atoms with Crippen LogP contribution < -0.4 is 14.5 Å². The largest absolute Gasteiger partial charge is 0.467 e. The van der Waals surface area contributed by atoms with E-state index >= 15 is 0 Å². The van der Waals surface area contributed by atoms with Gasteiger partial charge >= 0.3 is 0 Å². The molecule has 0 aliphatic carbocycles. The van der Waals surface area contributed by atoms with E-state index in [4.69, 9.17) is 4.74 Å². The van der Waals surface area contributed by atoms with E-state index in [-0.39, 0.29) is 18.3 Å². The van der Waals surface area contributed by atoms with Crippen molar-refractivity contribution in [2.75, 3.05) is 36.5 Å². The van der Waals surface area contributed by atoms with Crippen molar-refractivity contribution in [1.29, 1.82) is 0 Å². The first kappa shape index (κ1) is 17.1. The topological polar surface area (TPSA) is 58.6 Å². The van der Waals surface area contributed by atoms with Gasteiger partial charge in [0, 0.05) is 37.6 Å². The lowest BCUT2D eigenvalue weighted by molar-refractivity contribution is -0.120. The van der Waals surface area contributed by atoms with Crippen molar-refractivity contribution in [2.24, 2.45) is 0 Å². The van der Waals surface area contributed by atoms with E-state index in [1.165, 1.54) is 17.0 Å². The molecule has 7 heteroatoms. The molecule has 6 nitrogen and oxygen atoms in total. The normalized spacial score (nSPS) is 13.8. The maximum Gasteiger partial charge on any atom is 0.264 e. The summed E-state index contributed by atoms with van der Waals surface area (Å²) in [6, 6.07) is 7.44. The fourth-order valence-electron chi connectivity index (χ4n) is 2.70. The third-order valence-electron chi connectivity index (χ3n) is 4.14. The second-order valence-electron chi connectivity index (χ2n) is 6.06. The lowest BCUT2D eigenvalue weighted by Crippen LogP contribution is -2.31. The van der Waals surface area contributed by atoms with E-state index in [0.717, 1.165) is 31.6 Å². The Morgan fingerprint density at radius 3 is 2.60 bits per heavy atom. The SMILES string of the molecule is Cc1cc(OCC(=O)N(C)c2ccc(F)cc2)nc(N2CCCC2)n1. The summed E-state index contributed by atoms with van der Waals surface area (Å²) in [6.45, 7) is 3.61. The number of anilines is 2. The first-order chi connectivity index (χ1) is 12.0. The highest BCUT2D eigenvalue weighted by atomic mass is 19.1. The van der Waals surface area contributed by atoms with Crippen LogP contribution in [0.1, 0.15) is 18.5 Å². The minimum Gasteiger partial charge on any atom is -0.467 e. The third-order valence-corrected chi connectivity index (χ3v) is 4.14. The van der Waals surface area contributed by atoms with Crippen LogP contribution in [0.25, 0.3) is 0 Å². The molecule has 2 aromatic rings. The van der Waals surface area contributed by atoms with Gasteiger partial charge in [-0.3, -0.25) is 4.79 Å². The molecule has 1 saturated heterocycles. The lowest BCUT2D eigenvalue weighted by Gasteiger charge is -2.19. The monoisotopic (exact) mass is 344 g/mol. The number of benzene rings is 1. The fourth-order valence-corrected chi connectivity index (χ4v) is 2.70. The van der Waals surface area contributed by atoms with Crippen molar-refractivity contribution >= 4 is 17.5 Å². The van der Waals surface area contributed by atoms with Crippen LogP contribution >= 0.6 is 0 Å². The zero-order valence-electron chi connectivity index (χ0n) is 14.4. The third kappa shape index (κ3) is 4.23. The molecule has 2 heterocycles. The van der Waals surface area contributed by atoms with Gasteiger partial charge in [0.15, 0.2) is 6.61 Å². The highest BCUT2D eigenvalue weighted by molar-refractivity contribution is 5.93. The summed E-state index contributed by atoms with van der Waals surface area (Å²) in [5, 5.41) is 0. The lowest BCUT2D eigenvalue weighted by atomic mass is 10.3. The molecule has 0 radical (unpaired) electrons. The van der Waals surface area contributed by atoms with Crippen LogP contribution in [0.5, 0.6) is 5.88 Å². The smallest absolute Gasteiger partial charge is 0.264 e. The van der Waals surface area contributed by atoms with Crippen molar-refractivity contribution in [3.8, 4) is 5.88 Å². The van der Waals surface area contributed by atoms with Crippen molar-refractivity contribution in [1.82, 2.24) is 9.97 Å². The average Bonchev–Trinajstić information content (AvgIpc) is 3.14. The maximum absolute atomic E-state index is 13.0. The van der Waals surface area contributed by atoms with Gasteiger partial charge in [0.2, 0.25) is 11.8 Å². The molecular formula is C18H21FN4O2. The van der Waals surface area contributed by atoms with E-state index in [1.54, 1.807) is 25.2 Å². The summed E-state index contributed by atoms with van der Waals surface area (Å²) >= 11 is 0. The van der Waals surface area contributed by atoms with Gasteiger partial charge in [-0.2, -0.15) is 4.98 Å². The first-order valence-electron chi connectivity index (χ1n) is 8.28. The standard InChI is InChI=1S/C18H21FN4O2/c1-13-11-16(21-18(20-13)23-9-3-4-10-23)25-12-17(24)22(2)15-7-5-14(19)6-8-15/h5-8,11H,3-4,9-10,12H2,1-2H3. The molecule has 1 amide bonds. The molecule has 1 aromatic heterocycles. The molecule has 0 bridgehead atoms. The van der Waals surface area contributed by atoms with Crippen molar-refractivity contribution < 1.29 is 13.9 Å². The van der Waals surface area contributed by atoms with Crippen LogP contribution in [0.2, 0.25) is 0 Å². The van der Waals surface area contributed by atoms with E-state index in [2.05, 4.69) is 14.9 Å². The summed E-state index contributed by atoms with van der Waals surface area (Å²) in [5.41, 5.74) is 1.40. The van der Waals surface area contributed by atoms with Gasteiger partial charge in [-0.05, 0) is 44.0 Å². The predicted molar refractivity (Wildman–Crippen MR) is 93.5 cm³/mol. The molecule has 132 valence electrons. The van der Waals surface area contributed by atoms with Crippen molar-refractivity contribution in [3.05, 3.63) is 41.8 Å². The Kier molecular flexibility index (Phi) is 5.11. The molecule has 0 N–H and O–H groups in total. The number of carbonyl (C=O) groups is 1. The number of carbonyl (C=O) groups excluding carboxylic acids is 1. The summed E-state index contributed by atoms with van der Waals surface area (Å²) in [6.07, 6.45) is 2.27. The van der Waals surface area contributed by atoms with Crippen LogP contribution in [0.15, 0.2) is 30.3 Å². The number of hydrogen-bond acceptors (Lipinski definition) is 5. The van der Waals surface area contributed by atoms with Crippen molar-refractivity contribution in [3.63, 3.8) is 0 Å². The fraction of sp³-hybridized carbons (Fsp3) is 0.389. The first-order valence-corrected chi connectivity index (χ1v) is 8.28. The zero-order chi connectivity index (χ0) is 17.8. The minimum absolute atomic E-state index is 0.149. The number of ether oxygens (including phenoxy) is 1. The molecule has 0 atom stereocenters.